The maximum Gasteiger partial charge on any atom is 0.306 e. The van der Waals surface area contributed by atoms with Gasteiger partial charge in [-0.1, -0.05) is 6.92 Å². The summed E-state index contributed by atoms with van der Waals surface area (Å²) >= 11 is 0. The Morgan fingerprint density at radius 1 is 1.59 bits per heavy atom. The number of carbonyl (C=O) groups excluding carboxylic acids is 1. The minimum absolute atomic E-state index is 0.0904. The molecule has 0 saturated carbocycles. The molecule has 1 saturated heterocycles. The van der Waals surface area contributed by atoms with E-state index in [1.165, 1.54) is 7.11 Å². The van der Waals surface area contributed by atoms with Crippen molar-refractivity contribution in [2.24, 2.45) is 11.7 Å². The number of rotatable bonds is 5. The summed E-state index contributed by atoms with van der Waals surface area (Å²) in [5, 5.41) is 9.87. The maximum absolute atomic E-state index is 11.1. The topological polar surface area (TPSA) is 75.8 Å². The normalized spacial score (nSPS) is 27.8. The van der Waals surface area contributed by atoms with Crippen LogP contribution < -0.4 is 5.73 Å². The fraction of sp³-hybridized carbons (Fsp3) is 0.917. The largest absolute Gasteiger partial charge is 0.469 e. The Morgan fingerprint density at radius 2 is 2.29 bits per heavy atom. The van der Waals surface area contributed by atoms with Crippen LogP contribution in [0.2, 0.25) is 0 Å². The van der Waals surface area contributed by atoms with Gasteiger partial charge in [0.05, 0.1) is 19.6 Å². The molecule has 5 heteroatoms. The highest BCUT2D eigenvalue weighted by Gasteiger charge is 2.29. The van der Waals surface area contributed by atoms with Crippen LogP contribution in [-0.2, 0) is 9.53 Å². The Bertz CT molecular complexity index is 248. The number of esters is 1. The summed E-state index contributed by atoms with van der Waals surface area (Å²) in [6.45, 7) is 4.25. The molecule has 0 aliphatic carbocycles. The zero-order valence-electron chi connectivity index (χ0n) is 10.8. The predicted molar refractivity (Wildman–Crippen MR) is 65.5 cm³/mol. The van der Waals surface area contributed by atoms with Gasteiger partial charge in [-0.3, -0.25) is 4.79 Å². The third kappa shape index (κ3) is 4.61. The standard InChI is InChI=1S/C12H24N2O3/c1-3-11(15)9-6-10(13)8-14(7-9)5-4-12(16)17-2/h9-11,15H,3-8,13H2,1-2H3. The van der Waals surface area contributed by atoms with Gasteiger partial charge in [0.2, 0.25) is 0 Å². The molecule has 0 radical (unpaired) electrons. The summed E-state index contributed by atoms with van der Waals surface area (Å²) in [5.74, 6) is 0.0260. The number of hydrogen-bond donors (Lipinski definition) is 2. The average Bonchev–Trinajstić information content (AvgIpc) is 2.34. The van der Waals surface area contributed by atoms with Crippen LogP contribution in [0.1, 0.15) is 26.2 Å². The van der Waals surface area contributed by atoms with Crippen molar-refractivity contribution < 1.29 is 14.6 Å². The molecule has 1 heterocycles. The molecule has 3 atom stereocenters. The van der Waals surface area contributed by atoms with Gasteiger partial charge >= 0.3 is 5.97 Å². The summed E-state index contributed by atoms with van der Waals surface area (Å²) < 4.78 is 4.62. The van der Waals surface area contributed by atoms with E-state index in [0.717, 1.165) is 25.9 Å². The number of nitrogens with two attached hydrogens (primary N) is 1. The van der Waals surface area contributed by atoms with Crippen molar-refractivity contribution in [3.8, 4) is 0 Å². The van der Waals surface area contributed by atoms with Crippen LogP contribution in [0, 0.1) is 5.92 Å². The Kier molecular flexibility index (Phi) is 5.88. The monoisotopic (exact) mass is 244 g/mol. The van der Waals surface area contributed by atoms with Crippen molar-refractivity contribution in [3.63, 3.8) is 0 Å². The molecule has 1 aliphatic heterocycles. The molecule has 1 fully saturated rings. The Balaban J connectivity index is 2.42. The van der Waals surface area contributed by atoms with Gasteiger partial charge < -0.3 is 20.5 Å². The lowest BCUT2D eigenvalue weighted by molar-refractivity contribution is -0.141. The van der Waals surface area contributed by atoms with Crippen LogP contribution >= 0.6 is 0 Å². The van der Waals surface area contributed by atoms with E-state index in [9.17, 15) is 9.90 Å². The highest BCUT2D eigenvalue weighted by atomic mass is 16.5. The lowest BCUT2D eigenvalue weighted by Crippen LogP contribution is -2.50. The van der Waals surface area contributed by atoms with E-state index < -0.39 is 0 Å². The second-order valence-corrected chi connectivity index (χ2v) is 4.82. The summed E-state index contributed by atoms with van der Waals surface area (Å²) in [7, 11) is 1.40. The molecule has 5 nitrogen and oxygen atoms in total. The van der Waals surface area contributed by atoms with Crippen LogP contribution in [-0.4, -0.2) is 54.9 Å². The summed E-state index contributed by atoms with van der Waals surface area (Å²) in [4.78, 5) is 13.2. The van der Waals surface area contributed by atoms with Gasteiger partial charge in [0.1, 0.15) is 0 Å². The molecular formula is C12H24N2O3. The highest BCUT2D eigenvalue weighted by molar-refractivity contribution is 5.69. The van der Waals surface area contributed by atoms with E-state index in [4.69, 9.17) is 5.73 Å². The van der Waals surface area contributed by atoms with E-state index in [1.807, 2.05) is 6.92 Å². The first-order chi connectivity index (χ1) is 8.06. The van der Waals surface area contributed by atoms with Crippen LogP contribution in [0.3, 0.4) is 0 Å². The number of hydrogen-bond acceptors (Lipinski definition) is 5. The molecule has 100 valence electrons. The van der Waals surface area contributed by atoms with Crippen LogP contribution in [0.5, 0.6) is 0 Å². The third-order valence-electron chi connectivity index (χ3n) is 3.41. The molecule has 3 N–H and O–H groups in total. The first kappa shape index (κ1) is 14.4. The quantitative estimate of drug-likeness (QED) is 0.664. The van der Waals surface area contributed by atoms with Gasteiger partial charge in [-0.15, -0.1) is 0 Å². The van der Waals surface area contributed by atoms with Crippen LogP contribution in [0.25, 0.3) is 0 Å². The number of ether oxygens (including phenoxy) is 1. The lowest BCUT2D eigenvalue weighted by atomic mass is 9.89. The Labute approximate surface area is 103 Å². The molecule has 0 spiro atoms. The molecule has 3 unspecified atom stereocenters. The van der Waals surface area contributed by atoms with Gasteiger partial charge in [0, 0.05) is 25.7 Å². The molecule has 1 aliphatic rings. The second kappa shape index (κ2) is 6.93. The number of methoxy groups -OCH3 is 1. The fourth-order valence-corrected chi connectivity index (χ4v) is 2.42. The SMILES string of the molecule is CCC(O)C1CC(N)CN(CCC(=O)OC)C1. The van der Waals surface area contributed by atoms with Crippen molar-refractivity contribution >= 4 is 5.97 Å². The van der Waals surface area contributed by atoms with Gasteiger partial charge in [0.15, 0.2) is 0 Å². The molecule has 0 aromatic rings. The maximum atomic E-state index is 11.1. The minimum atomic E-state index is -0.290. The fourth-order valence-electron chi connectivity index (χ4n) is 2.42. The number of aliphatic hydroxyl groups is 1. The van der Waals surface area contributed by atoms with Crippen molar-refractivity contribution in [3.05, 3.63) is 0 Å². The summed E-state index contributed by atoms with van der Waals surface area (Å²) in [6.07, 6.45) is 1.71. The second-order valence-electron chi connectivity index (χ2n) is 4.82. The molecular weight excluding hydrogens is 220 g/mol. The van der Waals surface area contributed by atoms with Crippen LogP contribution in [0.15, 0.2) is 0 Å². The average molecular weight is 244 g/mol. The van der Waals surface area contributed by atoms with Crippen molar-refractivity contribution in [2.75, 3.05) is 26.7 Å². The molecule has 1 rings (SSSR count). The Morgan fingerprint density at radius 3 is 2.88 bits per heavy atom. The number of aliphatic hydroxyl groups excluding tert-OH is 1. The summed E-state index contributed by atoms with van der Waals surface area (Å²) in [5.41, 5.74) is 5.98. The lowest BCUT2D eigenvalue weighted by Gasteiger charge is -2.38. The van der Waals surface area contributed by atoms with Gasteiger partial charge in [0.25, 0.3) is 0 Å². The van der Waals surface area contributed by atoms with Gasteiger partial charge in [-0.2, -0.15) is 0 Å². The van der Waals surface area contributed by atoms with E-state index in [1.54, 1.807) is 0 Å². The zero-order valence-corrected chi connectivity index (χ0v) is 10.8. The first-order valence-corrected chi connectivity index (χ1v) is 6.29. The van der Waals surface area contributed by atoms with Gasteiger partial charge in [-0.25, -0.2) is 0 Å². The van der Waals surface area contributed by atoms with E-state index in [-0.39, 0.29) is 24.0 Å². The number of piperidine rings is 1. The van der Waals surface area contributed by atoms with Crippen LogP contribution in [0.4, 0.5) is 0 Å². The molecule has 0 bridgehead atoms. The Hall–Kier alpha value is -0.650. The van der Waals surface area contributed by atoms with Gasteiger partial charge in [-0.05, 0) is 18.8 Å². The van der Waals surface area contributed by atoms with Crippen molar-refractivity contribution in [1.82, 2.24) is 4.90 Å². The van der Waals surface area contributed by atoms with Crippen molar-refractivity contribution in [2.45, 2.75) is 38.3 Å². The number of likely N-dealkylation sites (tertiary alicyclic amines) is 1. The minimum Gasteiger partial charge on any atom is -0.469 e. The first-order valence-electron chi connectivity index (χ1n) is 6.29. The van der Waals surface area contributed by atoms with Crippen molar-refractivity contribution in [1.29, 1.82) is 0 Å². The molecule has 0 aromatic carbocycles. The number of carbonyl (C=O) groups is 1. The smallest absolute Gasteiger partial charge is 0.306 e. The number of nitrogens with zero attached hydrogens (tertiary/aromatic N) is 1. The van der Waals surface area contributed by atoms with E-state index >= 15 is 0 Å². The third-order valence-corrected chi connectivity index (χ3v) is 3.41. The molecule has 17 heavy (non-hydrogen) atoms. The molecule has 0 aromatic heterocycles. The predicted octanol–water partition coefficient (Wildman–Crippen LogP) is -0.0304. The summed E-state index contributed by atoms with van der Waals surface area (Å²) in [6, 6.07) is 0.0904. The van der Waals surface area contributed by atoms with E-state index in [0.29, 0.717) is 13.0 Å². The molecule has 0 amide bonds. The van der Waals surface area contributed by atoms with E-state index in [2.05, 4.69) is 9.64 Å². The highest BCUT2D eigenvalue weighted by Crippen LogP contribution is 2.21. The zero-order chi connectivity index (χ0) is 12.8.